The molecule has 84 valence electrons. The number of halogens is 1. The van der Waals surface area contributed by atoms with E-state index < -0.39 is 0 Å². The molecule has 4 nitrogen and oxygen atoms in total. The van der Waals surface area contributed by atoms with E-state index in [0.717, 1.165) is 28.7 Å². The molecule has 0 spiro atoms. The molecule has 0 bridgehead atoms. The van der Waals surface area contributed by atoms with Crippen molar-refractivity contribution in [3.05, 3.63) is 28.5 Å². The molecule has 0 aliphatic heterocycles. The highest BCUT2D eigenvalue weighted by Gasteiger charge is 2.09. The van der Waals surface area contributed by atoms with Crippen LogP contribution < -0.4 is 5.73 Å². The molecule has 0 aliphatic rings. The number of rotatable bonds is 3. The second-order valence-corrected chi connectivity index (χ2v) is 4.45. The predicted octanol–water partition coefficient (Wildman–Crippen LogP) is 2.77. The lowest BCUT2D eigenvalue weighted by atomic mass is 10.2. The molecule has 1 heterocycles. The van der Waals surface area contributed by atoms with Crippen molar-refractivity contribution in [1.29, 1.82) is 0 Å². The molecule has 3 N–H and O–H groups in total. The Morgan fingerprint density at radius 1 is 1.44 bits per heavy atom. The molecule has 2 aromatic rings. The van der Waals surface area contributed by atoms with Crippen molar-refractivity contribution < 1.29 is 0 Å². The first kappa shape index (κ1) is 11.1. The number of nitrogen functional groups attached to an aromatic ring is 1. The molecule has 1 aromatic heterocycles. The van der Waals surface area contributed by atoms with Gasteiger partial charge in [0.2, 0.25) is 0 Å². The molecule has 0 saturated carbocycles. The van der Waals surface area contributed by atoms with E-state index in [2.05, 4.69) is 38.0 Å². The summed E-state index contributed by atoms with van der Waals surface area (Å²) in [5, 5.41) is 7.11. The van der Waals surface area contributed by atoms with Crippen molar-refractivity contribution in [3.8, 4) is 11.4 Å². The average molecular weight is 281 g/mol. The third-order valence-corrected chi connectivity index (χ3v) is 2.94. The largest absolute Gasteiger partial charge is 0.399 e. The molecule has 0 unspecified atom stereocenters. The van der Waals surface area contributed by atoms with Gasteiger partial charge < -0.3 is 5.73 Å². The summed E-state index contributed by atoms with van der Waals surface area (Å²) in [4.78, 5) is 4.42. The molecule has 2 rings (SSSR count). The van der Waals surface area contributed by atoms with Crippen molar-refractivity contribution in [2.45, 2.75) is 19.8 Å². The Bertz CT molecular complexity index is 492. The molecule has 0 aliphatic carbocycles. The maximum absolute atomic E-state index is 5.74. The zero-order chi connectivity index (χ0) is 11.5. The van der Waals surface area contributed by atoms with Gasteiger partial charge >= 0.3 is 0 Å². The Morgan fingerprint density at radius 2 is 2.25 bits per heavy atom. The molecular weight excluding hydrogens is 268 g/mol. The van der Waals surface area contributed by atoms with Crippen LogP contribution >= 0.6 is 15.9 Å². The van der Waals surface area contributed by atoms with E-state index in [9.17, 15) is 0 Å². The summed E-state index contributed by atoms with van der Waals surface area (Å²) >= 11 is 3.47. The van der Waals surface area contributed by atoms with E-state index >= 15 is 0 Å². The van der Waals surface area contributed by atoms with Gasteiger partial charge in [0.25, 0.3) is 0 Å². The Labute approximate surface area is 102 Å². The number of aryl methyl sites for hydroxylation is 1. The van der Waals surface area contributed by atoms with Gasteiger partial charge in [0.15, 0.2) is 5.82 Å². The summed E-state index contributed by atoms with van der Waals surface area (Å²) in [5.74, 6) is 1.59. The topological polar surface area (TPSA) is 67.6 Å². The van der Waals surface area contributed by atoms with Crippen molar-refractivity contribution in [2.24, 2.45) is 0 Å². The van der Waals surface area contributed by atoms with E-state index in [0.29, 0.717) is 11.5 Å². The predicted molar refractivity (Wildman–Crippen MR) is 67.9 cm³/mol. The van der Waals surface area contributed by atoms with Gasteiger partial charge in [0, 0.05) is 22.1 Å². The first-order valence-electron chi connectivity index (χ1n) is 5.17. The number of hydrogen-bond acceptors (Lipinski definition) is 3. The van der Waals surface area contributed by atoms with Crippen molar-refractivity contribution in [1.82, 2.24) is 15.2 Å². The van der Waals surface area contributed by atoms with Crippen LogP contribution in [0.25, 0.3) is 11.4 Å². The monoisotopic (exact) mass is 280 g/mol. The number of anilines is 1. The fourth-order valence-electron chi connectivity index (χ4n) is 1.48. The number of aromatic nitrogens is 3. The SMILES string of the molecule is CCCc1nc(-c2cc(N)ccc2Br)n[nH]1. The number of aromatic amines is 1. The minimum atomic E-state index is 0.683. The molecule has 5 heteroatoms. The summed E-state index contributed by atoms with van der Waals surface area (Å²) in [6.45, 7) is 2.11. The quantitative estimate of drug-likeness (QED) is 0.850. The lowest BCUT2D eigenvalue weighted by molar-refractivity contribution is 0.841. The lowest BCUT2D eigenvalue weighted by Crippen LogP contribution is -1.89. The first-order valence-corrected chi connectivity index (χ1v) is 5.96. The third kappa shape index (κ3) is 2.24. The Hall–Kier alpha value is -1.36. The number of nitrogens with zero attached hydrogens (tertiary/aromatic N) is 2. The van der Waals surface area contributed by atoms with E-state index in [1.807, 2.05) is 18.2 Å². The van der Waals surface area contributed by atoms with Crippen molar-refractivity contribution in [3.63, 3.8) is 0 Å². The summed E-state index contributed by atoms with van der Waals surface area (Å²) in [6, 6.07) is 5.61. The highest BCUT2D eigenvalue weighted by atomic mass is 79.9. The average Bonchev–Trinajstić information content (AvgIpc) is 2.71. The van der Waals surface area contributed by atoms with Crippen LogP contribution in [0.15, 0.2) is 22.7 Å². The highest BCUT2D eigenvalue weighted by Crippen LogP contribution is 2.27. The second-order valence-electron chi connectivity index (χ2n) is 3.59. The summed E-state index contributed by atoms with van der Waals surface area (Å²) in [5.41, 5.74) is 7.37. The van der Waals surface area contributed by atoms with Gasteiger partial charge in [0.1, 0.15) is 5.82 Å². The van der Waals surface area contributed by atoms with Gasteiger partial charge in [-0.05, 0) is 24.6 Å². The minimum Gasteiger partial charge on any atom is -0.399 e. The van der Waals surface area contributed by atoms with Crippen LogP contribution in [0, 0.1) is 0 Å². The first-order chi connectivity index (χ1) is 7.70. The maximum Gasteiger partial charge on any atom is 0.182 e. The van der Waals surface area contributed by atoms with E-state index in [4.69, 9.17) is 5.73 Å². The second kappa shape index (κ2) is 4.65. The van der Waals surface area contributed by atoms with Crippen LogP contribution in [0.2, 0.25) is 0 Å². The molecule has 0 fully saturated rings. The molecular formula is C11H13BrN4. The van der Waals surface area contributed by atoms with E-state index in [1.165, 1.54) is 0 Å². The molecule has 1 aromatic carbocycles. The van der Waals surface area contributed by atoms with Crippen LogP contribution in [-0.4, -0.2) is 15.2 Å². The van der Waals surface area contributed by atoms with E-state index in [-0.39, 0.29) is 0 Å². The molecule has 0 amide bonds. The van der Waals surface area contributed by atoms with Gasteiger partial charge in [0.05, 0.1) is 0 Å². The normalized spacial score (nSPS) is 10.6. The molecule has 16 heavy (non-hydrogen) atoms. The molecule has 0 radical (unpaired) electrons. The fourth-order valence-corrected chi connectivity index (χ4v) is 1.90. The number of hydrogen-bond donors (Lipinski definition) is 2. The zero-order valence-electron chi connectivity index (χ0n) is 9.00. The number of H-pyrrole nitrogens is 1. The zero-order valence-corrected chi connectivity index (χ0v) is 10.6. The van der Waals surface area contributed by atoms with E-state index in [1.54, 1.807) is 0 Å². The number of nitrogens with one attached hydrogen (secondary N) is 1. The number of benzene rings is 1. The third-order valence-electron chi connectivity index (χ3n) is 2.25. The van der Waals surface area contributed by atoms with Gasteiger partial charge in [-0.25, -0.2) is 4.98 Å². The Balaban J connectivity index is 2.38. The van der Waals surface area contributed by atoms with Gasteiger partial charge in [-0.15, -0.1) is 0 Å². The fraction of sp³-hybridized carbons (Fsp3) is 0.273. The Morgan fingerprint density at radius 3 is 3.00 bits per heavy atom. The lowest BCUT2D eigenvalue weighted by Gasteiger charge is -2.00. The van der Waals surface area contributed by atoms with Crippen LogP contribution in [0.3, 0.4) is 0 Å². The molecule has 0 saturated heterocycles. The summed E-state index contributed by atoms with van der Waals surface area (Å²) in [7, 11) is 0. The highest BCUT2D eigenvalue weighted by molar-refractivity contribution is 9.10. The Kier molecular flexibility index (Phi) is 3.24. The summed E-state index contributed by atoms with van der Waals surface area (Å²) in [6.07, 6.45) is 1.96. The van der Waals surface area contributed by atoms with Crippen LogP contribution in [-0.2, 0) is 6.42 Å². The van der Waals surface area contributed by atoms with Crippen molar-refractivity contribution >= 4 is 21.6 Å². The van der Waals surface area contributed by atoms with Crippen molar-refractivity contribution in [2.75, 3.05) is 5.73 Å². The summed E-state index contributed by atoms with van der Waals surface area (Å²) < 4.78 is 0.948. The maximum atomic E-state index is 5.74. The standard InChI is InChI=1S/C11H13BrN4/c1-2-3-10-14-11(16-15-10)8-6-7(13)4-5-9(8)12/h4-6H,2-3,13H2,1H3,(H,14,15,16). The van der Waals surface area contributed by atoms with Crippen LogP contribution in [0.5, 0.6) is 0 Å². The van der Waals surface area contributed by atoms with Gasteiger partial charge in [-0.1, -0.05) is 22.9 Å². The smallest absolute Gasteiger partial charge is 0.182 e. The minimum absolute atomic E-state index is 0.683. The molecule has 0 atom stereocenters. The number of nitrogens with two attached hydrogens (primary N) is 1. The van der Waals surface area contributed by atoms with Crippen LogP contribution in [0.4, 0.5) is 5.69 Å². The van der Waals surface area contributed by atoms with Gasteiger partial charge in [-0.3, -0.25) is 5.10 Å². The van der Waals surface area contributed by atoms with Gasteiger partial charge in [-0.2, -0.15) is 5.10 Å². The van der Waals surface area contributed by atoms with Crippen LogP contribution in [0.1, 0.15) is 19.2 Å².